The summed E-state index contributed by atoms with van der Waals surface area (Å²) in [6, 6.07) is 17.7. The highest BCUT2D eigenvalue weighted by Crippen LogP contribution is 2.28. The zero-order valence-corrected chi connectivity index (χ0v) is 11.0. The van der Waals surface area contributed by atoms with Crippen LogP contribution in [0.2, 0.25) is 0 Å². The number of rotatable bonds is 3. The van der Waals surface area contributed by atoms with Crippen LogP contribution in [0.25, 0.3) is 22.5 Å². The minimum Gasteiger partial charge on any atom is -0.497 e. The molecular formula is C16H13N3O. The molecule has 0 saturated heterocycles. The minimum absolute atomic E-state index is 0.776. The van der Waals surface area contributed by atoms with Gasteiger partial charge in [0.2, 0.25) is 0 Å². The van der Waals surface area contributed by atoms with Gasteiger partial charge in [-0.25, -0.2) is 4.98 Å². The number of benzene rings is 2. The van der Waals surface area contributed by atoms with Gasteiger partial charge in [0, 0.05) is 11.1 Å². The van der Waals surface area contributed by atoms with E-state index in [9.17, 15) is 0 Å². The van der Waals surface area contributed by atoms with Crippen LogP contribution < -0.4 is 4.74 Å². The molecule has 20 heavy (non-hydrogen) atoms. The lowest BCUT2D eigenvalue weighted by molar-refractivity contribution is 0.415. The lowest BCUT2D eigenvalue weighted by Gasteiger charge is -2.07. The van der Waals surface area contributed by atoms with Gasteiger partial charge in [-0.2, -0.15) is 0 Å². The zero-order valence-electron chi connectivity index (χ0n) is 11.0. The second-order valence-corrected chi connectivity index (χ2v) is 4.25. The molecule has 0 fully saturated rings. The highest BCUT2D eigenvalue weighted by molar-refractivity contribution is 5.77. The fourth-order valence-corrected chi connectivity index (χ4v) is 2.03. The van der Waals surface area contributed by atoms with Crippen LogP contribution in [0.1, 0.15) is 0 Å². The largest absolute Gasteiger partial charge is 0.497 e. The number of aromatic nitrogens is 3. The summed E-state index contributed by atoms with van der Waals surface area (Å²) in [5.74, 6) is 0.817. The molecule has 1 aromatic heterocycles. The molecule has 0 aliphatic carbocycles. The van der Waals surface area contributed by atoms with E-state index in [-0.39, 0.29) is 0 Å². The van der Waals surface area contributed by atoms with Gasteiger partial charge in [-0.1, -0.05) is 30.3 Å². The van der Waals surface area contributed by atoms with Crippen LogP contribution in [-0.4, -0.2) is 22.3 Å². The van der Waals surface area contributed by atoms with Crippen LogP contribution in [0.5, 0.6) is 5.75 Å². The Kier molecular flexibility index (Phi) is 3.37. The van der Waals surface area contributed by atoms with Crippen LogP contribution >= 0.6 is 0 Å². The molecule has 4 nitrogen and oxygen atoms in total. The van der Waals surface area contributed by atoms with Gasteiger partial charge in [-0.05, 0) is 24.3 Å². The summed E-state index contributed by atoms with van der Waals surface area (Å²) in [6.07, 6.45) is 1.46. The van der Waals surface area contributed by atoms with Crippen LogP contribution in [0.4, 0.5) is 0 Å². The van der Waals surface area contributed by atoms with Crippen molar-refractivity contribution in [2.45, 2.75) is 0 Å². The molecular weight excluding hydrogens is 250 g/mol. The van der Waals surface area contributed by atoms with Crippen LogP contribution in [0, 0.1) is 0 Å². The quantitative estimate of drug-likeness (QED) is 0.728. The second kappa shape index (κ2) is 5.48. The van der Waals surface area contributed by atoms with Gasteiger partial charge in [0.05, 0.1) is 7.11 Å². The third-order valence-corrected chi connectivity index (χ3v) is 3.03. The Labute approximate surface area is 117 Å². The number of ether oxygens (including phenoxy) is 1. The summed E-state index contributed by atoms with van der Waals surface area (Å²) in [4.78, 5) is 4.37. The Morgan fingerprint density at radius 2 is 1.50 bits per heavy atom. The van der Waals surface area contributed by atoms with E-state index in [1.807, 2.05) is 54.6 Å². The van der Waals surface area contributed by atoms with Crippen molar-refractivity contribution >= 4 is 0 Å². The first kappa shape index (κ1) is 12.3. The second-order valence-electron chi connectivity index (χ2n) is 4.25. The third-order valence-electron chi connectivity index (χ3n) is 3.03. The van der Waals surface area contributed by atoms with Crippen molar-refractivity contribution in [1.82, 2.24) is 15.2 Å². The Morgan fingerprint density at radius 3 is 2.20 bits per heavy atom. The standard InChI is InChI=1S/C16H13N3O/c1-20-14-9-7-13(8-10-14)15-16(19-18-11-17-15)12-5-3-2-4-6-12/h2-11H,1H3. The molecule has 0 bridgehead atoms. The third kappa shape index (κ3) is 2.36. The lowest BCUT2D eigenvalue weighted by Crippen LogP contribution is -1.95. The highest BCUT2D eigenvalue weighted by atomic mass is 16.5. The van der Waals surface area contributed by atoms with E-state index in [2.05, 4.69) is 15.2 Å². The molecule has 3 aromatic rings. The average Bonchev–Trinajstić information content (AvgIpc) is 2.56. The van der Waals surface area contributed by atoms with Crippen molar-refractivity contribution in [1.29, 1.82) is 0 Å². The molecule has 0 amide bonds. The minimum atomic E-state index is 0.776. The maximum absolute atomic E-state index is 5.17. The zero-order chi connectivity index (χ0) is 13.8. The first-order valence-corrected chi connectivity index (χ1v) is 6.26. The van der Waals surface area contributed by atoms with Gasteiger partial charge in [0.1, 0.15) is 23.5 Å². The molecule has 2 aromatic carbocycles. The van der Waals surface area contributed by atoms with E-state index in [1.54, 1.807) is 7.11 Å². The molecule has 0 radical (unpaired) electrons. The molecule has 4 heteroatoms. The lowest BCUT2D eigenvalue weighted by atomic mass is 10.0. The normalized spacial score (nSPS) is 10.2. The van der Waals surface area contributed by atoms with Crippen LogP contribution in [-0.2, 0) is 0 Å². The highest BCUT2D eigenvalue weighted by Gasteiger charge is 2.10. The Hall–Kier alpha value is -2.75. The average molecular weight is 263 g/mol. The number of methoxy groups -OCH3 is 1. The van der Waals surface area contributed by atoms with Crippen LogP contribution in [0.15, 0.2) is 60.9 Å². The van der Waals surface area contributed by atoms with Gasteiger partial charge in [-0.3, -0.25) is 0 Å². The Balaban J connectivity index is 2.10. The predicted octanol–water partition coefficient (Wildman–Crippen LogP) is 3.21. The molecule has 98 valence electrons. The Morgan fingerprint density at radius 1 is 0.800 bits per heavy atom. The van der Waals surface area contributed by atoms with Crippen molar-refractivity contribution in [3.8, 4) is 28.3 Å². The van der Waals surface area contributed by atoms with E-state index in [0.717, 1.165) is 28.3 Å². The summed E-state index contributed by atoms with van der Waals surface area (Å²) >= 11 is 0. The molecule has 0 atom stereocenters. The van der Waals surface area contributed by atoms with E-state index < -0.39 is 0 Å². The van der Waals surface area contributed by atoms with Gasteiger partial charge in [-0.15, -0.1) is 10.2 Å². The maximum Gasteiger partial charge on any atom is 0.138 e. The monoisotopic (exact) mass is 263 g/mol. The van der Waals surface area contributed by atoms with Crippen molar-refractivity contribution in [3.05, 3.63) is 60.9 Å². The topological polar surface area (TPSA) is 47.9 Å². The first-order chi connectivity index (χ1) is 9.88. The van der Waals surface area contributed by atoms with E-state index in [4.69, 9.17) is 4.74 Å². The van der Waals surface area contributed by atoms with Gasteiger partial charge >= 0.3 is 0 Å². The van der Waals surface area contributed by atoms with Gasteiger partial charge in [0.15, 0.2) is 0 Å². The van der Waals surface area contributed by atoms with Crippen molar-refractivity contribution in [2.75, 3.05) is 7.11 Å². The smallest absolute Gasteiger partial charge is 0.138 e. The van der Waals surface area contributed by atoms with Gasteiger partial charge < -0.3 is 4.74 Å². The summed E-state index contributed by atoms with van der Waals surface area (Å²) in [5, 5.41) is 8.12. The fraction of sp³-hybridized carbons (Fsp3) is 0.0625. The molecule has 0 N–H and O–H groups in total. The summed E-state index contributed by atoms with van der Waals surface area (Å²) in [5.41, 5.74) is 3.57. The number of nitrogens with zero attached hydrogens (tertiary/aromatic N) is 3. The maximum atomic E-state index is 5.17. The fourth-order valence-electron chi connectivity index (χ4n) is 2.03. The Bertz CT molecular complexity index is 696. The summed E-state index contributed by atoms with van der Waals surface area (Å²) in [6.45, 7) is 0. The van der Waals surface area contributed by atoms with E-state index in [0.29, 0.717) is 0 Å². The molecule has 1 heterocycles. The molecule has 3 rings (SSSR count). The molecule has 0 saturated carbocycles. The van der Waals surface area contributed by atoms with Crippen molar-refractivity contribution in [2.24, 2.45) is 0 Å². The van der Waals surface area contributed by atoms with E-state index >= 15 is 0 Å². The SMILES string of the molecule is COc1ccc(-c2ncnnc2-c2ccccc2)cc1. The van der Waals surface area contributed by atoms with Crippen molar-refractivity contribution in [3.63, 3.8) is 0 Å². The van der Waals surface area contributed by atoms with Gasteiger partial charge in [0.25, 0.3) is 0 Å². The van der Waals surface area contributed by atoms with Crippen LogP contribution in [0.3, 0.4) is 0 Å². The molecule has 0 unspecified atom stereocenters. The summed E-state index contributed by atoms with van der Waals surface area (Å²) in [7, 11) is 1.65. The predicted molar refractivity (Wildman–Crippen MR) is 77.3 cm³/mol. The first-order valence-electron chi connectivity index (χ1n) is 6.26. The molecule has 0 aliphatic rings. The number of hydrogen-bond donors (Lipinski definition) is 0. The summed E-state index contributed by atoms with van der Waals surface area (Å²) < 4.78 is 5.17. The number of hydrogen-bond acceptors (Lipinski definition) is 4. The van der Waals surface area contributed by atoms with E-state index in [1.165, 1.54) is 6.33 Å². The molecule has 0 aliphatic heterocycles. The van der Waals surface area contributed by atoms with Crippen molar-refractivity contribution < 1.29 is 4.74 Å². The molecule has 0 spiro atoms.